The summed E-state index contributed by atoms with van der Waals surface area (Å²) in [7, 11) is -4.03. The summed E-state index contributed by atoms with van der Waals surface area (Å²) in [5, 5.41) is 0. The summed E-state index contributed by atoms with van der Waals surface area (Å²) >= 11 is 1.60. The molecule has 1 fully saturated rings. The average molecular weight is 376 g/mol. The number of hydrogen-bond acceptors (Lipinski definition) is 2. The molecule has 0 radical (unpaired) electrons. The Morgan fingerprint density at radius 1 is 1.20 bits per heavy atom. The maximum atomic E-state index is 13.3. The maximum absolute atomic E-state index is 13.3. The lowest BCUT2D eigenvalue weighted by Gasteiger charge is -2.21. The number of hydrogen-bond donors (Lipinski definition) is 0. The Morgan fingerprint density at radius 2 is 1.75 bits per heavy atom. The fourth-order valence-electron chi connectivity index (χ4n) is 1.78. The summed E-state index contributed by atoms with van der Waals surface area (Å²) in [5.41, 5.74) is 0.409. The van der Waals surface area contributed by atoms with Crippen molar-refractivity contribution in [1.82, 2.24) is 4.31 Å². The second-order valence-corrected chi connectivity index (χ2v) is 7.37. The van der Waals surface area contributed by atoms with E-state index in [1.54, 1.807) is 34.1 Å². The van der Waals surface area contributed by atoms with Gasteiger partial charge in [-0.05, 0) is 21.5 Å². The van der Waals surface area contributed by atoms with Crippen molar-refractivity contribution in [2.75, 3.05) is 6.54 Å². The third-order valence-corrected chi connectivity index (χ3v) is 5.26. The van der Waals surface area contributed by atoms with E-state index < -0.39 is 39.1 Å². The minimum atomic E-state index is -4.45. The van der Waals surface area contributed by atoms with Crippen LogP contribution in [0.3, 0.4) is 0 Å². The average Bonchev–Trinajstić information content (AvgIpc) is 3.08. The molecule has 1 aliphatic heterocycles. The number of alkyl halides is 5. The molecule has 0 spiro atoms. The zero-order valence-corrected chi connectivity index (χ0v) is 12.3. The molecule has 0 aromatic heterocycles. The summed E-state index contributed by atoms with van der Waals surface area (Å²) in [6.07, 6.45) is 0. The van der Waals surface area contributed by atoms with E-state index in [-0.39, 0.29) is 0 Å². The van der Waals surface area contributed by atoms with E-state index in [2.05, 4.69) is 0 Å². The molecule has 1 aliphatic rings. The summed E-state index contributed by atoms with van der Waals surface area (Å²) in [5.74, 6) is -4.94. The predicted molar refractivity (Wildman–Crippen MR) is 68.4 cm³/mol. The van der Waals surface area contributed by atoms with Gasteiger partial charge in [0.1, 0.15) is 6.04 Å². The first-order valence-corrected chi connectivity index (χ1v) is 7.94. The fraction of sp³-hybridized carbons (Fsp3) is 0.455. The van der Waals surface area contributed by atoms with Crippen LogP contribution in [-0.4, -0.2) is 36.1 Å². The number of benzene rings is 1. The largest absolute Gasteiger partial charge is 0.365 e. The quantitative estimate of drug-likeness (QED) is 0.450. The van der Waals surface area contributed by atoms with Crippen LogP contribution in [0.5, 0.6) is 0 Å². The van der Waals surface area contributed by atoms with Crippen LogP contribution in [0.4, 0.5) is 17.6 Å². The van der Waals surface area contributed by atoms with Gasteiger partial charge in [-0.25, -0.2) is 8.42 Å². The van der Waals surface area contributed by atoms with Gasteiger partial charge in [-0.15, -0.1) is 0 Å². The van der Waals surface area contributed by atoms with E-state index in [4.69, 9.17) is 0 Å². The van der Waals surface area contributed by atoms with Crippen molar-refractivity contribution < 1.29 is 26.0 Å². The van der Waals surface area contributed by atoms with Crippen molar-refractivity contribution in [3.05, 3.63) is 35.9 Å². The Hall–Kier alpha value is -0.670. The smallest absolute Gasteiger partial charge is 0.212 e. The van der Waals surface area contributed by atoms with Gasteiger partial charge in [0.15, 0.2) is 0 Å². The lowest BCUT2D eigenvalue weighted by Crippen LogP contribution is -2.42. The van der Waals surface area contributed by atoms with Crippen molar-refractivity contribution in [3.8, 4) is 0 Å². The zero-order chi connectivity index (χ0) is 15.2. The standard InChI is InChI=1S/C11H10BrF4NO2S/c12-11(15,16)10(13,14)9-6-17(9)20(18,19)7-8-4-2-1-3-5-8/h1-5,9H,6-7H2. The lowest BCUT2D eigenvalue weighted by atomic mass is 10.2. The highest BCUT2D eigenvalue weighted by Crippen LogP contribution is 2.48. The van der Waals surface area contributed by atoms with Gasteiger partial charge >= 0.3 is 10.8 Å². The molecule has 9 heteroatoms. The molecule has 112 valence electrons. The van der Waals surface area contributed by atoms with Crippen molar-refractivity contribution in [2.45, 2.75) is 22.5 Å². The predicted octanol–water partition coefficient (Wildman–Crippen LogP) is 2.82. The fourth-order valence-corrected chi connectivity index (χ4v) is 3.72. The molecule has 0 bridgehead atoms. The van der Waals surface area contributed by atoms with E-state index in [0.717, 1.165) is 0 Å². The van der Waals surface area contributed by atoms with Crippen LogP contribution in [0.1, 0.15) is 5.56 Å². The van der Waals surface area contributed by atoms with Crippen LogP contribution in [0.2, 0.25) is 0 Å². The molecule has 2 unspecified atom stereocenters. The monoisotopic (exact) mass is 375 g/mol. The van der Waals surface area contributed by atoms with Crippen LogP contribution >= 0.6 is 15.9 Å². The minimum absolute atomic E-state index is 0.398. The highest BCUT2D eigenvalue weighted by molar-refractivity contribution is 9.10. The number of nitrogens with zero attached hydrogens (tertiary/aromatic N) is 1. The molecule has 0 amide bonds. The van der Waals surface area contributed by atoms with Gasteiger partial charge in [-0.1, -0.05) is 30.3 Å². The first-order valence-electron chi connectivity index (χ1n) is 5.54. The lowest BCUT2D eigenvalue weighted by molar-refractivity contribution is -0.149. The molecular formula is C11H10BrF4NO2S. The van der Waals surface area contributed by atoms with Crippen molar-refractivity contribution in [2.24, 2.45) is 0 Å². The van der Waals surface area contributed by atoms with Crippen LogP contribution in [0.15, 0.2) is 30.3 Å². The summed E-state index contributed by atoms with van der Waals surface area (Å²) < 4.78 is 76.3. The van der Waals surface area contributed by atoms with E-state index in [1.165, 1.54) is 12.1 Å². The topological polar surface area (TPSA) is 37.1 Å². The van der Waals surface area contributed by atoms with Crippen LogP contribution < -0.4 is 0 Å². The zero-order valence-electron chi connectivity index (χ0n) is 9.94. The Labute approximate surface area is 121 Å². The number of sulfonamides is 1. The van der Waals surface area contributed by atoms with Gasteiger partial charge in [0, 0.05) is 6.54 Å². The van der Waals surface area contributed by atoms with Gasteiger partial charge < -0.3 is 0 Å². The Kier molecular flexibility index (Phi) is 3.89. The van der Waals surface area contributed by atoms with E-state index in [1.807, 2.05) is 0 Å². The Bertz CT molecular complexity index is 588. The number of halogens is 5. The van der Waals surface area contributed by atoms with E-state index in [0.29, 0.717) is 9.87 Å². The second kappa shape index (κ2) is 4.96. The number of rotatable bonds is 5. The first-order chi connectivity index (χ1) is 9.06. The first kappa shape index (κ1) is 15.7. The van der Waals surface area contributed by atoms with Crippen molar-refractivity contribution in [1.29, 1.82) is 0 Å². The molecule has 20 heavy (non-hydrogen) atoms. The molecule has 1 aromatic rings. The molecule has 1 heterocycles. The molecule has 2 rings (SSSR count). The van der Waals surface area contributed by atoms with Crippen molar-refractivity contribution in [3.63, 3.8) is 0 Å². The Balaban J connectivity index is 2.12. The van der Waals surface area contributed by atoms with Gasteiger partial charge in [0.05, 0.1) is 5.75 Å². The molecule has 1 aromatic carbocycles. The molecule has 3 nitrogen and oxygen atoms in total. The summed E-state index contributed by atoms with van der Waals surface area (Å²) in [6.45, 7) is -0.608. The highest BCUT2D eigenvalue weighted by Gasteiger charge is 2.69. The van der Waals surface area contributed by atoms with Crippen LogP contribution in [0.25, 0.3) is 0 Å². The molecule has 0 N–H and O–H groups in total. The second-order valence-electron chi connectivity index (χ2n) is 4.45. The van der Waals surface area contributed by atoms with Crippen LogP contribution in [0, 0.1) is 0 Å². The molecule has 1 saturated heterocycles. The maximum Gasteiger partial charge on any atom is 0.365 e. The molecule has 0 saturated carbocycles. The third-order valence-electron chi connectivity index (χ3n) is 2.91. The van der Waals surface area contributed by atoms with Crippen molar-refractivity contribution >= 4 is 26.0 Å². The van der Waals surface area contributed by atoms with Crippen LogP contribution in [-0.2, 0) is 15.8 Å². The summed E-state index contributed by atoms with van der Waals surface area (Å²) in [4.78, 5) is -4.44. The summed E-state index contributed by atoms with van der Waals surface area (Å²) in [6, 6.07) is 5.92. The normalized spacial score (nSPS) is 23.6. The van der Waals surface area contributed by atoms with Gasteiger partial charge in [-0.2, -0.15) is 21.9 Å². The highest BCUT2D eigenvalue weighted by atomic mass is 79.9. The van der Waals surface area contributed by atoms with Gasteiger partial charge in [-0.3, -0.25) is 0 Å². The molecular weight excluding hydrogens is 366 g/mol. The molecule has 2 atom stereocenters. The van der Waals surface area contributed by atoms with Gasteiger partial charge in [0.25, 0.3) is 0 Å². The SMILES string of the molecule is O=S(=O)(Cc1ccccc1)N1CC1C(F)(F)C(F)(F)Br. The molecule has 0 aliphatic carbocycles. The van der Waals surface area contributed by atoms with Gasteiger partial charge in [0.2, 0.25) is 10.0 Å². The minimum Gasteiger partial charge on any atom is -0.212 e. The van der Waals surface area contributed by atoms with E-state index in [9.17, 15) is 26.0 Å². The third kappa shape index (κ3) is 2.99. The Morgan fingerprint density at radius 3 is 2.25 bits per heavy atom. The van der Waals surface area contributed by atoms with E-state index >= 15 is 0 Å².